The van der Waals surface area contributed by atoms with Gasteiger partial charge in [0, 0.05) is 0 Å². The third-order valence-corrected chi connectivity index (χ3v) is 2.26. The van der Waals surface area contributed by atoms with E-state index in [4.69, 9.17) is 16.3 Å². The predicted octanol–water partition coefficient (Wildman–Crippen LogP) is 2.24. The van der Waals surface area contributed by atoms with Gasteiger partial charge in [0.25, 0.3) is 5.56 Å². The normalized spacial score (nSPS) is 10.7. The molecule has 0 atom stereocenters. The average molecular weight is 231 g/mol. The summed E-state index contributed by atoms with van der Waals surface area (Å²) in [4.78, 5) is 17.3. The summed E-state index contributed by atoms with van der Waals surface area (Å²) in [5.41, 5.74) is -0.370. The van der Waals surface area contributed by atoms with Crippen molar-refractivity contribution < 1.29 is 4.74 Å². The van der Waals surface area contributed by atoms with Gasteiger partial charge in [0.15, 0.2) is 5.02 Å². The zero-order valence-corrected chi connectivity index (χ0v) is 9.67. The highest BCUT2D eigenvalue weighted by molar-refractivity contribution is 6.31. The standard InChI is InChI=1S/C10H15ClN2O2/c1-7(2)4-3-5-15-10-8(11)9(14)12-6-13-10/h6-7H,3-5H2,1-2H3,(H,12,13,14). The Bertz CT molecular complexity index is 363. The van der Waals surface area contributed by atoms with E-state index in [2.05, 4.69) is 23.8 Å². The van der Waals surface area contributed by atoms with Crippen LogP contribution in [-0.4, -0.2) is 16.6 Å². The van der Waals surface area contributed by atoms with Gasteiger partial charge in [0.05, 0.1) is 12.9 Å². The summed E-state index contributed by atoms with van der Waals surface area (Å²) >= 11 is 5.70. The van der Waals surface area contributed by atoms with Gasteiger partial charge in [-0.2, -0.15) is 0 Å². The molecule has 0 aliphatic rings. The number of nitrogens with zero attached hydrogens (tertiary/aromatic N) is 1. The van der Waals surface area contributed by atoms with Crippen LogP contribution >= 0.6 is 11.6 Å². The summed E-state index contributed by atoms with van der Waals surface area (Å²) in [6, 6.07) is 0. The fraction of sp³-hybridized carbons (Fsp3) is 0.600. The molecule has 5 heteroatoms. The Morgan fingerprint density at radius 3 is 3.00 bits per heavy atom. The molecule has 0 aliphatic carbocycles. The molecule has 1 aromatic heterocycles. The average Bonchev–Trinajstić information content (AvgIpc) is 2.18. The van der Waals surface area contributed by atoms with Gasteiger partial charge in [-0.3, -0.25) is 4.79 Å². The molecule has 0 saturated carbocycles. The van der Waals surface area contributed by atoms with Crippen LogP contribution in [0.5, 0.6) is 5.88 Å². The number of hydrogen-bond acceptors (Lipinski definition) is 3. The first-order chi connectivity index (χ1) is 7.11. The van der Waals surface area contributed by atoms with Crippen molar-refractivity contribution in [2.45, 2.75) is 26.7 Å². The lowest BCUT2D eigenvalue weighted by Gasteiger charge is -2.07. The topological polar surface area (TPSA) is 55.0 Å². The van der Waals surface area contributed by atoms with Gasteiger partial charge in [-0.05, 0) is 18.8 Å². The fourth-order valence-electron chi connectivity index (χ4n) is 1.13. The maximum Gasteiger partial charge on any atom is 0.273 e. The Balaban J connectivity index is 2.44. The molecule has 4 nitrogen and oxygen atoms in total. The van der Waals surface area contributed by atoms with Crippen LogP contribution in [0.2, 0.25) is 5.02 Å². The van der Waals surface area contributed by atoms with Crippen molar-refractivity contribution in [1.82, 2.24) is 9.97 Å². The number of hydrogen-bond donors (Lipinski definition) is 1. The summed E-state index contributed by atoms with van der Waals surface area (Å²) in [6.07, 6.45) is 3.30. The molecular weight excluding hydrogens is 216 g/mol. The second-order valence-corrected chi connectivity index (χ2v) is 4.11. The fourth-order valence-corrected chi connectivity index (χ4v) is 1.29. The molecule has 0 radical (unpaired) electrons. The highest BCUT2D eigenvalue weighted by atomic mass is 35.5. The molecule has 0 unspecified atom stereocenters. The lowest BCUT2D eigenvalue weighted by atomic mass is 10.1. The maximum atomic E-state index is 11.1. The minimum Gasteiger partial charge on any atom is -0.476 e. The monoisotopic (exact) mass is 230 g/mol. The van der Waals surface area contributed by atoms with E-state index < -0.39 is 0 Å². The molecule has 1 heterocycles. The minimum atomic E-state index is -0.370. The number of rotatable bonds is 5. The number of halogens is 1. The van der Waals surface area contributed by atoms with E-state index in [0.29, 0.717) is 12.5 Å². The number of H-pyrrole nitrogens is 1. The molecule has 0 amide bonds. The molecule has 1 rings (SSSR count). The lowest BCUT2D eigenvalue weighted by Crippen LogP contribution is -2.10. The van der Waals surface area contributed by atoms with E-state index in [1.165, 1.54) is 6.33 Å². The third-order valence-electron chi connectivity index (χ3n) is 1.93. The first-order valence-electron chi connectivity index (χ1n) is 4.97. The van der Waals surface area contributed by atoms with E-state index in [-0.39, 0.29) is 16.5 Å². The smallest absolute Gasteiger partial charge is 0.273 e. The van der Waals surface area contributed by atoms with Crippen LogP contribution in [0.15, 0.2) is 11.1 Å². The van der Waals surface area contributed by atoms with Gasteiger partial charge in [0.2, 0.25) is 5.88 Å². The van der Waals surface area contributed by atoms with Gasteiger partial charge < -0.3 is 9.72 Å². The van der Waals surface area contributed by atoms with Crippen molar-refractivity contribution in [2.24, 2.45) is 5.92 Å². The Morgan fingerprint density at radius 1 is 1.60 bits per heavy atom. The second-order valence-electron chi connectivity index (χ2n) is 3.74. The van der Waals surface area contributed by atoms with Crippen molar-refractivity contribution in [1.29, 1.82) is 0 Å². The molecule has 1 aromatic rings. The van der Waals surface area contributed by atoms with Crippen LogP contribution in [0.25, 0.3) is 0 Å². The Kier molecular flexibility index (Phi) is 4.62. The maximum absolute atomic E-state index is 11.1. The summed E-state index contributed by atoms with van der Waals surface area (Å²) in [5.74, 6) is 0.861. The molecule has 0 spiro atoms. The van der Waals surface area contributed by atoms with Crippen LogP contribution in [0, 0.1) is 5.92 Å². The van der Waals surface area contributed by atoms with Crippen LogP contribution in [0.1, 0.15) is 26.7 Å². The van der Waals surface area contributed by atoms with Crippen molar-refractivity contribution in [3.8, 4) is 5.88 Å². The number of ether oxygens (including phenoxy) is 1. The van der Waals surface area contributed by atoms with Crippen LogP contribution in [0.3, 0.4) is 0 Å². The molecule has 0 aliphatic heterocycles. The predicted molar refractivity (Wildman–Crippen MR) is 59.4 cm³/mol. The highest BCUT2D eigenvalue weighted by Crippen LogP contribution is 2.15. The van der Waals surface area contributed by atoms with Crippen molar-refractivity contribution >= 4 is 11.6 Å². The van der Waals surface area contributed by atoms with E-state index in [1.807, 2.05) is 0 Å². The van der Waals surface area contributed by atoms with Gasteiger partial charge in [-0.1, -0.05) is 25.4 Å². The van der Waals surface area contributed by atoms with Gasteiger partial charge in [-0.15, -0.1) is 0 Å². The van der Waals surface area contributed by atoms with Crippen LogP contribution < -0.4 is 10.3 Å². The summed E-state index contributed by atoms with van der Waals surface area (Å²) in [5, 5.41) is 0.0158. The Morgan fingerprint density at radius 2 is 2.33 bits per heavy atom. The molecule has 0 bridgehead atoms. The number of nitrogens with one attached hydrogen (secondary N) is 1. The van der Waals surface area contributed by atoms with Crippen LogP contribution in [-0.2, 0) is 0 Å². The van der Waals surface area contributed by atoms with Gasteiger partial charge >= 0.3 is 0 Å². The van der Waals surface area contributed by atoms with Crippen molar-refractivity contribution in [3.05, 3.63) is 21.7 Å². The first-order valence-corrected chi connectivity index (χ1v) is 5.35. The van der Waals surface area contributed by atoms with Gasteiger partial charge in [0.1, 0.15) is 0 Å². The van der Waals surface area contributed by atoms with E-state index >= 15 is 0 Å². The summed E-state index contributed by atoms with van der Waals surface area (Å²) in [7, 11) is 0. The second kappa shape index (κ2) is 5.75. The molecule has 0 saturated heterocycles. The van der Waals surface area contributed by atoms with E-state index in [1.54, 1.807) is 0 Å². The van der Waals surface area contributed by atoms with Crippen molar-refractivity contribution in [2.75, 3.05) is 6.61 Å². The number of aromatic amines is 1. The molecule has 0 fully saturated rings. The molecule has 0 aromatic carbocycles. The molecule has 1 N–H and O–H groups in total. The number of aromatic nitrogens is 2. The molecule has 15 heavy (non-hydrogen) atoms. The minimum absolute atomic E-state index is 0.0158. The SMILES string of the molecule is CC(C)CCCOc1nc[nH]c(=O)c1Cl. The summed E-state index contributed by atoms with van der Waals surface area (Å²) in [6.45, 7) is 4.84. The highest BCUT2D eigenvalue weighted by Gasteiger charge is 2.06. The lowest BCUT2D eigenvalue weighted by molar-refractivity contribution is 0.286. The van der Waals surface area contributed by atoms with E-state index in [0.717, 1.165) is 12.8 Å². The zero-order chi connectivity index (χ0) is 11.3. The quantitative estimate of drug-likeness (QED) is 0.790. The zero-order valence-electron chi connectivity index (χ0n) is 8.92. The Labute approximate surface area is 93.6 Å². The first kappa shape index (κ1) is 12.0. The van der Waals surface area contributed by atoms with Gasteiger partial charge in [-0.25, -0.2) is 4.98 Å². The Hall–Kier alpha value is -1.03. The van der Waals surface area contributed by atoms with Crippen molar-refractivity contribution in [3.63, 3.8) is 0 Å². The van der Waals surface area contributed by atoms with E-state index in [9.17, 15) is 4.79 Å². The third kappa shape index (κ3) is 3.91. The molecular formula is C10H15ClN2O2. The largest absolute Gasteiger partial charge is 0.476 e. The summed E-state index contributed by atoms with van der Waals surface area (Å²) < 4.78 is 5.30. The van der Waals surface area contributed by atoms with Crippen LogP contribution in [0.4, 0.5) is 0 Å². The molecule has 84 valence electrons.